The predicted octanol–water partition coefficient (Wildman–Crippen LogP) is 9.23. The summed E-state index contributed by atoms with van der Waals surface area (Å²) in [5.74, 6) is -2.42. The fourth-order valence-electron chi connectivity index (χ4n) is 7.07. The Bertz CT molecular complexity index is 1990. The van der Waals surface area contributed by atoms with Gasteiger partial charge in [0.25, 0.3) is 0 Å². The molecule has 4 aromatic rings. The molecule has 5 rings (SSSR count). The summed E-state index contributed by atoms with van der Waals surface area (Å²) in [5, 5.41) is 13.8. The van der Waals surface area contributed by atoms with E-state index in [2.05, 4.69) is 67.7 Å². The van der Waals surface area contributed by atoms with Crippen LogP contribution >= 0.6 is 6.89 Å². The quantitative estimate of drug-likeness (QED) is 0.0591. The van der Waals surface area contributed by atoms with Crippen LogP contribution in [0.2, 0.25) is 36.3 Å². The van der Waals surface area contributed by atoms with Crippen molar-refractivity contribution in [3.63, 3.8) is 0 Å². The molecule has 1 aliphatic rings. The minimum atomic E-state index is -3.24. The van der Waals surface area contributed by atoms with Gasteiger partial charge in [0, 0.05) is 18.9 Å². The van der Waals surface area contributed by atoms with Gasteiger partial charge in [0.1, 0.15) is 5.42 Å². The third kappa shape index (κ3) is 8.53. The molecular weight excluding hydrogens is 750 g/mol. The van der Waals surface area contributed by atoms with E-state index in [1.165, 1.54) is 4.90 Å². The molecule has 1 aliphatic heterocycles. The van der Waals surface area contributed by atoms with Crippen molar-refractivity contribution in [2.75, 3.05) is 0 Å². The van der Waals surface area contributed by atoms with Crippen LogP contribution in [0.1, 0.15) is 70.8 Å². The predicted molar refractivity (Wildman–Crippen MR) is 237 cm³/mol. The van der Waals surface area contributed by atoms with Gasteiger partial charge in [-0.2, -0.15) is 0 Å². The maximum Gasteiger partial charge on any atom is 0.353 e. The number of carboxylic acid groups (broad SMARTS) is 1. The van der Waals surface area contributed by atoms with Crippen molar-refractivity contribution in [3.05, 3.63) is 126 Å². The summed E-state index contributed by atoms with van der Waals surface area (Å²) in [6.07, 6.45) is -0.613. The van der Waals surface area contributed by atoms with Gasteiger partial charge in [-0.25, -0.2) is 4.79 Å². The number of amides is 1. The molecule has 1 amide bonds. The van der Waals surface area contributed by atoms with Crippen molar-refractivity contribution in [1.29, 1.82) is 0 Å². The van der Waals surface area contributed by atoms with Gasteiger partial charge in [-0.05, 0) is 70.7 Å². The highest BCUT2D eigenvalue weighted by Crippen LogP contribution is 2.50. The first-order valence-electron chi connectivity index (χ1n) is 19.6. The Morgan fingerprint density at radius 3 is 1.62 bits per heavy atom. The molecule has 0 aliphatic carbocycles. The average molecular weight is 810 g/mol. The Morgan fingerprint density at radius 2 is 1.20 bits per heavy atom. The van der Waals surface area contributed by atoms with Gasteiger partial charge >= 0.3 is 5.97 Å². The molecule has 0 radical (unpaired) electrons. The van der Waals surface area contributed by atoms with E-state index >= 15 is 0 Å². The van der Waals surface area contributed by atoms with Crippen molar-refractivity contribution < 1.29 is 28.3 Å². The summed E-state index contributed by atoms with van der Waals surface area (Å²) in [6, 6.07) is 35.7. The number of aliphatic carboxylic acids is 1. The Balaban J connectivity index is 1.70. The number of nitrogens with zero attached hydrogens (tertiary/aromatic N) is 1. The van der Waals surface area contributed by atoms with Crippen molar-refractivity contribution >= 4 is 62.5 Å². The highest BCUT2D eigenvalue weighted by atomic mass is 31.2. The molecule has 298 valence electrons. The van der Waals surface area contributed by atoms with Crippen molar-refractivity contribution in [2.24, 2.45) is 5.92 Å². The lowest BCUT2D eigenvalue weighted by molar-refractivity contribution is -0.155. The van der Waals surface area contributed by atoms with Gasteiger partial charge in [-0.3, -0.25) is 9.59 Å². The van der Waals surface area contributed by atoms with E-state index in [0.29, 0.717) is 12.2 Å². The fourth-order valence-corrected chi connectivity index (χ4v) is 13.8. The highest BCUT2D eigenvalue weighted by molar-refractivity contribution is 7.96. The normalized spacial score (nSPS) is 17.3. The summed E-state index contributed by atoms with van der Waals surface area (Å²) in [7, 11) is -4.42. The molecule has 0 spiro atoms. The Hall–Kier alpha value is -3.86. The van der Waals surface area contributed by atoms with Crippen LogP contribution < -0.4 is 15.9 Å². The number of hydrogen-bond donors (Lipinski definition) is 1. The molecule has 56 heavy (non-hydrogen) atoms. The zero-order valence-electron chi connectivity index (χ0n) is 35.0. The molecule has 3 atom stereocenters. The number of carboxylic acids is 1. The van der Waals surface area contributed by atoms with Crippen LogP contribution in [-0.4, -0.2) is 61.9 Å². The zero-order valence-corrected chi connectivity index (χ0v) is 37.9. The standard InChI is InChI=1S/C46H60NO6PSi2/c1-33(53-56(10,11)46(5,6)7)41-39(31-40(48)35-23-21-22-34(30-35)32-52-55(8,9)45(2,3)4)47(42(41)49)43(44(50)51)54(36-24-15-12-16-25-36,37-26-17-13-18-27-37)38-28-19-14-20-29-38/h12-30,33,39,41H,31-32H2,1-11H3,(H,50,51)/t33-,39-,41-/m1/s1. The Labute approximate surface area is 336 Å². The van der Waals surface area contributed by atoms with Crippen LogP contribution in [0.4, 0.5) is 0 Å². The van der Waals surface area contributed by atoms with Gasteiger partial charge < -0.3 is 18.9 Å². The van der Waals surface area contributed by atoms with Crippen LogP contribution in [0.3, 0.4) is 0 Å². The Morgan fingerprint density at radius 1 is 0.732 bits per heavy atom. The lowest BCUT2D eigenvalue weighted by atomic mass is 9.79. The summed E-state index contributed by atoms with van der Waals surface area (Å²) < 4.78 is 13.4. The van der Waals surface area contributed by atoms with E-state index in [9.17, 15) is 19.5 Å². The molecule has 0 bridgehead atoms. The first-order valence-corrected chi connectivity index (χ1v) is 27.2. The van der Waals surface area contributed by atoms with Gasteiger partial charge in [-0.1, -0.05) is 151 Å². The molecule has 0 aromatic heterocycles. The van der Waals surface area contributed by atoms with Crippen LogP contribution in [0, 0.1) is 5.92 Å². The minimum absolute atomic E-state index is 0.00352. The second-order valence-electron chi connectivity index (χ2n) is 18.1. The number of hydrogen-bond acceptors (Lipinski definition) is 5. The number of β-lactam (4-membered cyclic amide) rings is 1. The molecule has 1 saturated heterocycles. The van der Waals surface area contributed by atoms with Gasteiger partial charge in [-0.15, -0.1) is 0 Å². The lowest BCUT2D eigenvalue weighted by Crippen LogP contribution is -2.69. The molecule has 0 unspecified atom stereocenters. The van der Waals surface area contributed by atoms with Crippen LogP contribution in [0.5, 0.6) is 0 Å². The molecule has 7 nitrogen and oxygen atoms in total. The number of rotatable bonds is 14. The van der Waals surface area contributed by atoms with Crippen LogP contribution in [-0.2, 0) is 25.0 Å². The molecule has 4 aromatic carbocycles. The molecule has 1 heterocycles. The first kappa shape index (κ1) is 43.3. The third-order valence-electron chi connectivity index (χ3n) is 12.3. The van der Waals surface area contributed by atoms with E-state index in [4.69, 9.17) is 8.85 Å². The maximum atomic E-state index is 14.9. The number of likely N-dealkylation sites (tertiary alicyclic amines) is 1. The van der Waals surface area contributed by atoms with Gasteiger partial charge in [0.05, 0.1) is 24.7 Å². The topological polar surface area (TPSA) is 93.1 Å². The summed E-state index contributed by atoms with van der Waals surface area (Å²) in [4.78, 5) is 45.1. The fraction of sp³-hybridized carbons (Fsp3) is 0.391. The molecule has 10 heteroatoms. The second-order valence-corrected chi connectivity index (χ2v) is 30.9. The monoisotopic (exact) mass is 809 g/mol. The van der Waals surface area contributed by atoms with Crippen LogP contribution in [0.15, 0.2) is 115 Å². The van der Waals surface area contributed by atoms with Gasteiger partial charge in [0.2, 0.25) is 5.91 Å². The SMILES string of the molecule is C[C@@H](O[Si](C)(C)C(C)(C)C)[C@H]1C(=O)N(C(C(=O)O)=P(c2ccccc2)(c2ccccc2)c2ccccc2)[C@@H]1CC(=O)c1cccc(CO[Si](C)(C)C(C)(C)C)c1. The minimum Gasteiger partial charge on any atom is -0.477 e. The Kier molecular flexibility index (Phi) is 12.8. The van der Waals surface area contributed by atoms with E-state index in [1.54, 1.807) is 6.07 Å². The largest absolute Gasteiger partial charge is 0.477 e. The smallest absolute Gasteiger partial charge is 0.353 e. The molecule has 0 saturated carbocycles. The zero-order chi connectivity index (χ0) is 41.3. The third-order valence-corrected chi connectivity index (χ3v) is 25.6. The van der Waals surface area contributed by atoms with Crippen molar-refractivity contribution in [1.82, 2.24) is 4.90 Å². The maximum absolute atomic E-state index is 14.9. The average Bonchev–Trinajstić information content (AvgIpc) is 3.14. The number of carbonyl (C=O) groups is 3. The summed E-state index contributed by atoms with van der Waals surface area (Å²) in [5.41, 5.74) is 1.40. The van der Waals surface area contributed by atoms with E-state index in [0.717, 1.165) is 21.5 Å². The number of Topliss-reactive ketones (excluding diaryl/α,β-unsaturated/α-hetero) is 1. The van der Waals surface area contributed by atoms with Gasteiger partial charge in [0.15, 0.2) is 22.4 Å². The first-order chi connectivity index (χ1) is 26.1. The van der Waals surface area contributed by atoms with Crippen molar-refractivity contribution in [3.8, 4) is 0 Å². The molecular formula is C46H60NO6PSi2. The number of carbonyl (C=O) groups excluding carboxylic acids is 2. The summed E-state index contributed by atoms with van der Waals surface area (Å²) in [6.45, 7) is 20.8. The summed E-state index contributed by atoms with van der Waals surface area (Å²) >= 11 is 0. The van der Waals surface area contributed by atoms with Crippen LogP contribution in [0.25, 0.3) is 0 Å². The van der Waals surface area contributed by atoms with E-state index in [-0.39, 0.29) is 33.6 Å². The number of benzene rings is 4. The molecule has 1 N–H and O–H groups in total. The van der Waals surface area contributed by atoms with E-state index < -0.39 is 47.6 Å². The second kappa shape index (κ2) is 16.6. The lowest BCUT2D eigenvalue weighted by Gasteiger charge is -2.52. The van der Waals surface area contributed by atoms with Crippen molar-refractivity contribution in [2.45, 2.75) is 110 Å². The van der Waals surface area contributed by atoms with E-state index in [1.807, 2.05) is 116 Å². The number of ketones is 1. The molecule has 1 fully saturated rings. The highest BCUT2D eigenvalue weighted by Gasteiger charge is 2.57.